The lowest BCUT2D eigenvalue weighted by molar-refractivity contribution is 0.0346. The lowest BCUT2D eigenvalue weighted by atomic mass is 9.87. The second-order valence-electron chi connectivity index (χ2n) is 30.9. The number of pyridine rings is 5. The molecule has 9 aromatic heterocycles. The molecule has 12 aromatic rings. The molecule has 0 aliphatic carbocycles. The van der Waals surface area contributed by atoms with Crippen molar-refractivity contribution in [1.29, 1.82) is 0 Å². The van der Waals surface area contributed by atoms with Gasteiger partial charge in [0.05, 0.1) is 88.0 Å². The number of piperazine rings is 3. The van der Waals surface area contributed by atoms with Crippen LogP contribution in [-0.2, 0) is 0 Å². The molecule has 2 bridgehead atoms. The highest BCUT2D eigenvalue weighted by molar-refractivity contribution is 6.01. The van der Waals surface area contributed by atoms with Crippen molar-refractivity contribution >= 4 is 66.5 Å². The van der Waals surface area contributed by atoms with Crippen molar-refractivity contribution in [2.24, 2.45) is 0 Å². The fourth-order valence-electron chi connectivity index (χ4n) is 17.9. The molecule has 3 aromatic carbocycles. The fraction of sp³-hybridized carbons (Fsp3) is 0.427. The Morgan fingerprint density at radius 1 is 0.404 bits per heavy atom. The highest BCUT2D eigenvalue weighted by Crippen LogP contribution is 2.40. The van der Waals surface area contributed by atoms with Crippen molar-refractivity contribution in [3.8, 4) is 33.4 Å². The molecule has 19 rings (SSSR count). The van der Waals surface area contributed by atoms with E-state index in [2.05, 4.69) is 145 Å². The van der Waals surface area contributed by atoms with Crippen LogP contribution in [0.5, 0.6) is 0 Å². The van der Waals surface area contributed by atoms with Gasteiger partial charge in [0.1, 0.15) is 17.5 Å². The molecule has 538 valence electrons. The van der Waals surface area contributed by atoms with Crippen LogP contribution in [0.3, 0.4) is 0 Å². The number of halogens is 3. The van der Waals surface area contributed by atoms with Crippen LogP contribution in [0, 0.1) is 38.2 Å². The Morgan fingerprint density at radius 2 is 0.846 bits per heavy atom. The predicted molar refractivity (Wildman–Crippen MR) is 410 cm³/mol. The Morgan fingerprint density at radius 3 is 1.34 bits per heavy atom. The third-order valence-electron chi connectivity index (χ3n) is 24.5. The summed E-state index contributed by atoms with van der Waals surface area (Å²) in [6.45, 7) is 26.1. The maximum Gasteiger partial charge on any atom is 0.162 e. The van der Waals surface area contributed by atoms with E-state index in [9.17, 15) is 13.2 Å². The van der Waals surface area contributed by atoms with Crippen LogP contribution in [0.25, 0.3) is 82.8 Å². The van der Waals surface area contributed by atoms with Crippen LogP contribution in [0.1, 0.15) is 68.6 Å². The van der Waals surface area contributed by atoms with Gasteiger partial charge in [0.25, 0.3) is 0 Å². The highest BCUT2D eigenvalue weighted by atomic mass is 19.1. The lowest BCUT2D eigenvalue weighted by Crippen LogP contribution is -2.58. The highest BCUT2D eigenvalue weighted by Gasteiger charge is 2.45. The first-order valence-corrected chi connectivity index (χ1v) is 37.5. The van der Waals surface area contributed by atoms with Crippen molar-refractivity contribution in [1.82, 2.24) is 78.2 Å². The molecule has 22 heteroatoms. The van der Waals surface area contributed by atoms with Crippen LogP contribution >= 0.6 is 0 Å². The third-order valence-corrected chi connectivity index (χ3v) is 24.5. The summed E-state index contributed by atoms with van der Waals surface area (Å²) in [6, 6.07) is 27.8. The molecule has 7 aliphatic rings. The summed E-state index contributed by atoms with van der Waals surface area (Å²) in [5, 5.41) is 16.8. The number of piperidine rings is 3. The Balaban J connectivity index is 0.000000115. The summed E-state index contributed by atoms with van der Waals surface area (Å²) in [5.74, 6) is -0.687. The average Bonchev–Trinajstić information content (AvgIpc) is 1.81. The maximum atomic E-state index is 14.1. The van der Waals surface area contributed by atoms with Crippen LogP contribution in [0.2, 0.25) is 0 Å². The number of aromatic nitrogens is 10. The number of anilines is 3. The molecule has 7 aliphatic heterocycles. The molecule has 7 saturated heterocycles. The minimum atomic E-state index is -0.238. The Hall–Kier alpha value is -9.16. The van der Waals surface area contributed by atoms with Gasteiger partial charge in [0.2, 0.25) is 0 Å². The van der Waals surface area contributed by atoms with Gasteiger partial charge in [-0.05, 0) is 188 Å². The van der Waals surface area contributed by atoms with Crippen LogP contribution in [0.4, 0.5) is 30.2 Å². The molecule has 0 spiro atoms. The maximum absolute atomic E-state index is 14.1. The van der Waals surface area contributed by atoms with E-state index in [0.29, 0.717) is 50.9 Å². The number of nitrogens with zero attached hydrogens (tertiary/aromatic N) is 19. The number of likely N-dealkylation sites (tertiary alicyclic amines) is 2. The predicted octanol–water partition coefficient (Wildman–Crippen LogP) is 12.6. The van der Waals surface area contributed by atoms with E-state index in [1.54, 1.807) is 39.4 Å². The number of hydrogen-bond acceptors (Lipinski definition) is 16. The van der Waals surface area contributed by atoms with Crippen molar-refractivity contribution in [2.45, 2.75) is 102 Å². The van der Waals surface area contributed by atoms with E-state index in [-0.39, 0.29) is 17.5 Å². The van der Waals surface area contributed by atoms with E-state index in [0.717, 1.165) is 123 Å². The van der Waals surface area contributed by atoms with Gasteiger partial charge in [-0.2, -0.15) is 15.3 Å². The van der Waals surface area contributed by atoms with Gasteiger partial charge in [-0.1, -0.05) is 0 Å². The van der Waals surface area contributed by atoms with E-state index >= 15 is 0 Å². The summed E-state index contributed by atoms with van der Waals surface area (Å²) < 4.78 is 48.1. The molecule has 0 radical (unpaired) electrons. The van der Waals surface area contributed by atoms with Gasteiger partial charge in [-0.3, -0.25) is 29.7 Å². The number of hydrogen-bond donors (Lipinski definition) is 0. The number of rotatable bonds is 9. The lowest BCUT2D eigenvalue weighted by Gasteiger charge is -2.49. The molecule has 0 N–H and O–H groups in total. The van der Waals surface area contributed by atoms with Gasteiger partial charge in [0, 0.05) is 204 Å². The molecule has 0 amide bonds. The van der Waals surface area contributed by atoms with E-state index in [1.165, 1.54) is 140 Å². The minimum absolute atomic E-state index is 0.224. The molecule has 0 saturated carbocycles. The molecular formula is C82H94F3N19. The molecule has 19 nitrogen and oxygen atoms in total. The smallest absolute Gasteiger partial charge is 0.162 e. The second-order valence-corrected chi connectivity index (χ2v) is 30.9. The number of fused-ring (bicyclic) bond motifs is 8. The van der Waals surface area contributed by atoms with Crippen molar-refractivity contribution < 1.29 is 13.2 Å². The standard InChI is InChI=1S/C28H33FN6.C27H30FN7.C27H31FN6/c1-20-16-23-22(6-9-30-26(23)17-25(20)29)24-18-31-35-19-21(4-5-27(24)35)33-10-7-28(2,8-11-33)34-14-12-32(3)13-15-34;1-17-9-23-22(3-6-29-26(23)11-25(17)28)24-13-31-35-16-21(12-30-27(24)35)33-7-4-18(5-8-33)34-15-19-10-20(34)14-32(19)2;1-19-15-23-22(5-8-29-26(23)16-25(19)28)24-17-30-34-18-21(3-4-27(24)34)32-9-6-20(7-10-32)33-13-11-31(2)12-14-33/h4-6,9,16-19H,7-8,10-15H2,1-3H3;3,6,9,11-13,16,18-20H,4-5,7-8,10,14-15H2,1-2H3;3-5,8,15-18,20H,6-7,9-14H2,1-2H3/t;19-,20-;/m.1./s1. The fourth-order valence-corrected chi connectivity index (χ4v) is 17.9. The monoisotopic (exact) mass is 1400 g/mol. The van der Waals surface area contributed by atoms with E-state index in [4.69, 9.17) is 4.98 Å². The number of aryl methyl sites for hydroxylation is 3. The molecular weight excluding hydrogens is 1310 g/mol. The Labute approximate surface area is 606 Å². The topological polar surface area (TPSA) is 133 Å². The molecule has 7 fully saturated rings. The van der Waals surface area contributed by atoms with Crippen LogP contribution in [0.15, 0.2) is 141 Å². The normalized spacial score (nSPS) is 20.8. The summed E-state index contributed by atoms with van der Waals surface area (Å²) in [6.07, 6.45) is 27.8. The first kappa shape index (κ1) is 68.0. The quantitative estimate of drug-likeness (QED) is 0.136. The van der Waals surface area contributed by atoms with E-state index < -0.39 is 0 Å². The average molecular weight is 1400 g/mol. The minimum Gasteiger partial charge on any atom is -0.370 e. The van der Waals surface area contributed by atoms with E-state index in [1.807, 2.05) is 74.7 Å². The SMILES string of the molecule is Cc1cc2c(-c3cnn4cc(N5CCC(C)(N6CCN(C)CC6)CC5)ccc34)ccnc2cc1F.Cc1cc2c(-c3cnn4cc(N5CCC(N6CCN(C)CC6)CC5)ccc34)ccnc2cc1F.Cc1cc2c(-c3cnn4cc(N5CCC(N6C[C@H]7C[C@@H]6CN7C)CC5)cnc34)ccnc2cc1F. The number of likely N-dealkylation sites (N-methyl/N-ethyl adjacent to an activating group) is 3. The summed E-state index contributed by atoms with van der Waals surface area (Å²) in [4.78, 5) is 40.9. The second kappa shape index (κ2) is 28.0. The third kappa shape index (κ3) is 13.1. The zero-order chi connectivity index (χ0) is 71.1. The molecule has 16 heterocycles. The van der Waals surface area contributed by atoms with Crippen molar-refractivity contribution in [3.63, 3.8) is 0 Å². The zero-order valence-corrected chi connectivity index (χ0v) is 61.0. The van der Waals surface area contributed by atoms with Gasteiger partial charge in [-0.15, -0.1) is 0 Å². The summed E-state index contributed by atoms with van der Waals surface area (Å²) in [5.41, 5.74) is 16.6. The number of benzene rings is 3. The zero-order valence-electron chi connectivity index (χ0n) is 61.0. The Kier molecular flexibility index (Phi) is 18.3. The summed E-state index contributed by atoms with van der Waals surface area (Å²) >= 11 is 0. The first-order chi connectivity index (χ1) is 50.5. The van der Waals surface area contributed by atoms with Crippen molar-refractivity contribution in [3.05, 3.63) is 175 Å². The first-order valence-electron chi connectivity index (χ1n) is 37.5. The van der Waals surface area contributed by atoms with Crippen LogP contribution < -0.4 is 14.7 Å². The molecule has 104 heavy (non-hydrogen) atoms. The van der Waals surface area contributed by atoms with Gasteiger partial charge >= 0.3 is 0 Å². The van der Waals surface area contributed by atoms with Crippen LogP contribution in [-0.4, -0.2) is 234 Å². The van der Waals surface area contributed by atoms with Gasteiger partial charge in [0.15, 0.2) is 5.65 Å². The Bertz CT molecular complexity index is 5140. The summed E-state index contributed by atoms with van der Waals surface area (Å²) in [7, 11) is 6.71. The van der Waals surface area contributed by atoms with Gasteiger partial charge < -0.3 is 29.4 Å². The molecule has 0 unspecified atom stereocenters. The van der Waals surface area contributed by atoms with Crippen molar-refractivity contribution in [2.75, 3.05) is 141 Å². The largest absolute Gasteiger partial charge is 0.370 e. The molecule has 2 atom stereocenters. The van der Waals surface area contributed by atoms with Gasteiger partial charge in [-0.25, -0.2) is 31.7 Å².